The number of amides is 1. The van der Waals surface area contributed by atoms with Crippen LogP contribution < -0.4 is 14.4 Å². The Morgan fingerprint density at radius 1 is 0.955 bits per heavy atom. The van der Waals surface area contributed by atoms with Gasteiger partial charge in [0, 0.05) is 23.4 Å². The molecule has 0 fully saturated rings. The Bertz CT molecular complexity index is 1530. The zero-order chi connectivity index (χ0) is 32.8. The van der Waals surface area contributed by atoms with E-state index in [4.69, 9.17) is 14.2 Å². The summed E-state index contributed by atoms with van der Waals surface area (Å²) in [4.78, 5) is 46.6. The van der Waals surface area contributed by atoms with Crippen molar-refractivity contribution in [2.45, 2.75) is 42.3 Å². The zero-order valence-electron chi connectivity index (χ0n) is 23.7. The molecule has 0 saturated carbocycles. The second-order valence-electron chi connectivity index (χ2n) is 9.03. The quantitative estimate of drug-likeness (QED) is 0.129. The lowest BCUT2D eigenvalue weighted by atomic mass is 10.0. The van der Waals surface area contributed by atoms with E-state index in [-0.39, 0.29) is 11.5 Å². The number of halogens is 3. The number of carbonyl (C=O) groups is 2. The number of carbonyl (C=O) groups excluding carboxylic acids is 2. The first kappa shape index (κ1) is 33.6. The zero-order valence-corrected chi connectivity index (χ0v) is 24.6. The molecule has 0 radical (unpaired) electrons. The molecule has 0 N–H and O–H groups in total. The van der Waals surface area contributed by atoms with Gasteiger partial charge in [-0.3, -0.25) is 29.9 Å². The first-order valence-corrected chi connectivity index (χ1v) is 13.5. The monoisotopic (exact) mass is 637 g/mol. The number of nitro groups is 2. The molecule has 0 bridgehead atoms. The maximum Gasteiger partial charge on any atom is 0.471 e. The van der Waals surface area contributed by atoms with Gasteiger partial charge < -0.3 is 14.2 Å². The molecule has 0 unspecified atom stereocenters. The lowest BCUT2D eigenvalue weighted by Crippen LogP contribution is -2.50. The van der Waals surface area contributed by atoms with Gasteiger partial charge in [-0.2, -0.15) is 13.2 Å². The molecule has 3 aromatic rings. The number of esters is 1. The minimum absolute atomic E-state index is 0.104. The maximum atomic E-state index is 13.5. The van der Waals surface area contributed by atoms with E-state index in [1.54, 1.807) is 24.3 Å². The van der Waals surface area contributed by atoms with Crippen LogP contribution in [0.15, 0.2) is 64.4 Å². The van der Waals surface area contributed by atoms with Gasteiger partial charge in [0.15, 0.2) is 4.90 Å². The van der Waals surface area contributed by atoms with E-state index in [1.165, 1.54) is 27.2 Å². The first-order valence-electron chi connectivity index (χ1n) is 12.7. The molecule has 16 heteroatoms. The van der Waals surface area contributed by atoms with Crippen LogP contribution in [0.5, 0.6) is 11.5 Å². The summed E-state index contributed by atoms with van der Waals surface area (Å²) in [5, 5.41) is 24.2. The number of ether oxygens (including phenoxy) is 3. The van der Waals surface area contributed by atoms with Gasteiger partial charge in [0.1, 0.15) is 17.5 Å². The molecular weight excluding hydrogens is 611 g/mol. The normalized spacial score (nSPS) is 11.8. The summed E-state index contributed by atoms with van der Waals surface area (Å²) in [6.07, 6.45) is -5.17. The van der Waals surface area contributed by atoms with Gasteiger partial charge >= 0.3 is 18.1 Å². The number of anilines is 1. The molecule has 0 spiro atoms. The third kappa shape index (κ3) is 7.75. The number of benzene rings is 3. The Hall–Kier alpha value is -4.86. The second-order valence-corrected chi connectivity index (χ2v) is 10.1. The van der Waals surface area contributed by atoms with Crippen LogP contribution >= 0.6 is 11.8 Å². The molecule has 0 aliphatic carbocycles. The van der Waals surface area contributed by atoms with Crippen LogP contribution in [0.2, 0.25) is 0 Å². The Morgan fingerprint density at radius 2 is 1.55 bits per heavy atom. The summed E-state index contributed by atoms with van der Waals surface area (Å²) in [7, 11) is 2.97. The van der Waals surface area contributed by atoms with Crippen LogP contribution in [0.25, 0.3) is 0 Å². The predicted octanol–water partition coefficient (Wildman–Crippen LogP) is 6.11. The highest BCUT2D eigenvalue weighted by Crippen LogP contribution is 2.45. The molecule has 44 heavy (non-hydrogen) atoms. The van der Waals surface area contributed by atoms with E-state index < -0.39 is 55.9 Å². The molecule has 0 aromatic heterocycles. The van der Waals surface area contributed by atoms with Gasteiger partial charge in [0.05, 0.1) is 36.4 Å². The van der Waals surface area contributed by atoms with Gasteiger partial charge in [-0.1, -0.05) is 23.9 Å². The number of nitrogens with zero attached hydrogens (tertiary/aromatic N) is 3. The van der Waals surface area contributed by atoms with Crippen molar-refractivity contribution >= 4 is 40.7 Å². The number of hydrogen-bond donors (Lipinski definition) is 0. The SMILES string of the molecule is CCOC(=O)[C@H](C)N(C(=O)C(F)(F)F)c1cc([N+](=O)[O-])c(Sc2ccc(OC)c(Cc3ccc(OC)cc3)c2)c([N+](=O)[O-])c1. The van der Waals surface area contributed by atoms with Crippen LogP contribution in [0.4, 0.5) is 30.2 Å². The topological polar surface area (TPSA) is 151 Å². The maximum absolute atomic E-state index is 13.5. The first-order chi connectivity index (χ1) is 20.7. The van der Waals surface area contributed by atoms with Crippen LogP contribution in [0.3, 0.4) is 0 Å². The van der Waals surface area contributed by atoms with E-state index in [2.05, 4.69) is 0 Å². The van der Waals surface area contributed by atoms with Crippen molar-refractivity contribution in [1.82, 2.24) is 0 Å². The number of hydrogen-bond acceptors (Lipinski definition) is 10. The minimum atomic E-state index is -5.53. The molecule has 1 atom stereocenters. The van der Waals surface area contributed by atoms with E-state index in [0.717, 1.165) is 12.5 Å². The Balaban J connectivity index is 2.15. The Kier molecular flexibility index (Phi) is 10.8. The van der Waals surface area contributed by atoms with Crippen molar-refractivity contribution in [2.24, 2.45) is 0 Å². The average molecular weight is 638 g/mol. The fourth-order valence-corrected chi connectivity index (χ4v) is 5.21. The molecule has 234 valence electrons. The van der Waals surface area contributed by atoms with Crippen molar-refractivity contribution in [3.8, 4) is 11.5 Å². The largest absolute Gasteiger partial charge is 0.497 e. The highest BCUT2D eigenvalue weighted by molar-refractivity contribution is 7.99. The fourth-order valence-electron chi connectivity index (χ4n) is 4.16. The standard InChI is InChI=1S/C28H26F3N3O9S/c1-5-43-26(35)16(2)32(27(36)28(29,30)31)19-14-22(33(37)38)25(23(15-19)34(39)40)44-21-10-11-24(42-4)18(13-21)12-17-6-8-20(41-3)9-7-17/h6-11,13-16H,5,12H2,1-4H3/t16-/m0/s1. The third-order valence-electron chi connectivity index (χ3n) is 6.21. The summed E-state index contributed by atoms with van der Waals surface area (Å²) in [6.45, 7) is 2.04. The number of methoxy groups -OCH3 is 2. The third-order valence-corrected chi connectivity index (χ3v) is 7.32. The molecule has 1 amide bonds. The summed E-state index contributed by atoms with van der Waals surface area (Å²) in [5.74, 6) is -2.71. The summed E-state index contributed by atoms with van der Waals surface area (Å²) in [6, 6.07) is 11.1. The summed E-state index contributed by atoms with van der Waals surface area (Å²) >= 11 is 0.628. The minimum Gasteiger partial charge on any atom is -0.497 e. The van der Waals surface area contributed by atoms with Gasteiger partial charge in [-0.25, -0.2) is 4.79 Å². The molecule has 0 heterocycles. The Morgan fingerprint density at radius 3 is 2.02 bits per heavy atom. The molecule has 0 aliphatic rings. The van der Waals surface area contributed by atoms with Gasteiger partial charge in [-0.05, 0) is 55.3 Å². The highest BCUT2D eigenvalue weighted by atomic mass is 32.2. The molecule has 12 nitrogen and oxygen atoms in total. The average Bonchev–Trinajstić information content (AvgIpc) is 2.97. The number of alkyl halides is 3. The van der Waals surface area contributed by atoms with Gasteiger partial charge in [0.25, 0.3) is 11.4 Å². The fraction of sp³-hybridized carbons (Fsp3) is 0.286. The van der Waals surface area contributed by atoms with Gasteiger partial charge in [0.2, 0.25) is 0 Å². The number of rotatable bonds is 12. The van der Waals surface area contributed by atoms with E-state index in [1.807, 2.05) is 12.1 Å². The Labute approximate surface area is 253 Å². The molecule has 0 saturated heterocycles. The van der Waals surface area contributed by atoms with Crippen molar-refractivity contribution in [1.29, 1.82) is 0 Å². The van der Waals surface area contributed by atoms with Crippen LogP contribution in [-0.2, 0) is 20.7 Å². The molecule has 3 rings (SSSR count). The molecule has 3 aromatic carbocycles. The van der Waals surface area contributed by atoms with Crippen LogP contribution in [0, 0.1) is 20.2 Å². The van der Waals surface area contributed by atoms with Crippen LogP contribution in [-0.4, -0.2) is 54.8 Å². The van der Waals surface area contributed by atoms with Crippen molar-refractivity contribution in [2.75, 3.05) is 25.7 Å². The van der Waals surface area contributed by atoms with Gasteiger partial charge in [-0.15, -0.1) is 0 Å². The number of nitro benzene ring substituents is 2. The van der Waals surface area contributed by atoms with E-state index >= 15 is 0 Å². The van der Waals surface area contributed by atoms with E-state index in [0.29, 0.717) is 52.3 Å². The molecule has 0 aliphatic heterocycles. The van der Waals surface area contributed by atoms with Crippen molar-refractivity contribution in [3.63, 3.8) is 0 Å². The smallest absolute Gasteiger partial charge is 0.471 e. The second kappa shape index (κ2) is 14.1. The lowest BCUT2D eigenvalue weighted by Gasteiger charge is -2.28. The molecular formula is C28H26F3N3O9S. The van der Waals surface area contributed by atoms with Crippen molar-refractivity contribution in [3.05, 3.63) is 86.0 Å². The highest BCUT2D eigenvalue weighted by Gasteiger charge is 2.47. The summed E-state index contributed by atoms with van der Waals surface area (Å²) < 4.78 is 55.9. The van der Waals surface area contributed by atoms with E-state index in [9.17, 15) is 43.0 Å². The predicted molar refractivity (Wildman–Crippen MR) is 152 cm³/mol. The van der Waals surface area contributed by atoms with Crippen LogP contribution in [0.1, 0.15) is 25.0 Å². The summed E-state index contributed by atoms with van der Waals surface area (Å²) in [5.41, 5.74) is -1.30. The lowest BCUT2D eigenvalue weighted by molar-refractivity contribution is -0.399. The van der Waals surface area contributed by atoms with Crippen molar-refractivity contribution < 1.29 is 46.8 Å².